The molecule has 0 aromatic carbocycles. The molecular weight excluding hydrogens is 430 g/mol. The molecule has 0 aliphatic carbocycles. The van der Waals surface area contributed by atoms with E-state index in [2.05, 4.69) is 6.92 Å². The lowest BCUT2D eigenvalue weighted by Crippen LogP contribution is -2.44. The third-order valence-electron chi connectivity index (χ3n) is 6.25. The Balaban J connectivity index is 1.28. The lowest BCUT2D eigenvalue weighted by Gasteiger charge is -2.41. The van der Waals surface area contributed by atoms with Gasteiger partial charge < -0.3 is 22.6 Å². The van der Waals surface area contributed by atoms with Gasteiger partial charge in [-0.1, -0.05) is 103 Å². The maximum absolute atomic E-state index is 5.80. The molecule has 5 nitrogen and oxygen atoms in total. The van der Waals surface area contributed by atoms with Crippen LogP contribution in [0.2, 0.25) is 0 Å². The van der Waals surface area contributed by atoms with Gasteiger partial charge in [-0.2, -0.15) is 0 Å². The highest BCUT2D eigenvalue weighted by Gasteiger charge is 2.42. The molecule has 0 unspecified atom stereocenters. The van der Waals surface area contributed by atoms with Gasteiger partial charge in [0.1, 0.15) is 0 Å². The Morgan fingerprint density at radius 1 is 0.581 bits per heavy atom. The van der Waals surface area contributed by atoms with E-state index < -0.39 is 17.0 Å². The van der Waals surface area contributed by atoms with E-state index in [1.54, 1.807) is 0 Å². The fourth-order valence-electron chi connectivity index (χ4n) is 4.02. The minimum Gasteiger partial charge on any atom is -0.333 e. The quantitative estimate of drug-likeness (QED) is 0.146. The summed E-state index contributed by atoms with van der Waals surface area (Å²) in [5.41, 5.74) is -0.134. The first-order valence-corrected chi connectivity index (χ1v) is 15.6. The Morgan fingerprint density at radius 2 is 0.968 bits per heavy atom. The molecule has 2 heterocycles. The van der Waals surface area contributed by atoms with E-state index in [9.17, 15) is 0 Å². The van der Waals surface area contributed by atoms with Crippen LogP contribution < -0.4 is 0 Å². The molecule has 2 aliphatic rings. The third-order valence-corrected chi connectivity index (χ3v) is 8.31. The van der Waals surface area contributed by atoms with Crippen molar-refractivity contribution in [3.05, 3.63) is 0 Å². The predicted molar refractivity (Wildman–Crippen MR) is 132 cm³/mol. The van der Waals surface area contributed by atoms with Crippen molar-refractivity contribution in [3.63, 3.8) is 0 Å². The zero-order chi connectivity index (χ0) is 22.0. The summed E-state index contributed by atoms with van der Waals surface area (Å²) in [6.45, 7) is 7.57. The average Bonchev–Trinajstić information content (AvgIpc) is 2.79. The lowest BCUT2D eigenvalue weighted by molar-refractivity contribution is -0.0648. The van der Waals surface area contributed by atoms with Crippen LogP contribution in [-0.2, 0) is 22.6 Å². The van der Waals surface area contributed by atoms with Gasteiger partial charge in [0.05, 0.1) is 38.4 Å². The van der Waals surface area contributed by atoms with Crippen LogP contribution in [0.4, 0.5) is 0 Å². The maximum atomic E-state index is 5.80. The molecule has 2 saturated heterocycles. The molecule has 2 fully saturated rings. The van der Waals surface area contributed by atoms with Crippen molar-refractivity contribution < 1.29 is 22.6 Å². The molecule has 2 rings (SSSR count). The zero-order valence-corrected chi connectivity index (χ0v) is 22.1. The summed E-state index contributed by atoms with van der Waals surface area (Å²) in [6.07, 6.45) is 22.2. The maximum Gasteiger partial charge on any atom is 0.332 e. The first kappa shape index (κ1) is 27.9. The Morgan fingerprint density at radius 3 is 1.42 bits per heavy atom. The van der Waals surface area contributed by atoms with Crippen LogP contribution in [-0.4, -0.2) is 39.7 Å². The Hall–Kier alpha value is 0.660. The number of hydrogen-bond acceptors (Lipinski definition) is 5. The number of unbranched alkanes of at least 4 members (excludes halogenated alkanes) is 15. The van der Waals surface area contributed by atoms with Crippen LogP contribution in [0.1, 0.15) is 110 Å². The lowest BCUT2D eigenvalue weighted by atomic mass is 9.93. The van der Waals surface area contributed by atoms with Gasteiger partial charge in [0.25, 0.3) is 0 Å². The van der Waals surface area contributed by atoms with E-state index in [1.165, 1.54) is 96.3 Å². The first-order valence-electron chi connectivity index (χ1n) is 12.9. The first-order chi connectivity index (χ1) is 15.2. The van der Waals surface area contributed by atoms with Gasteiger partial charge in [0.15, 0.2) is 8.38 Å². The molecular formula is C24H48O5P2. The summed E-state index contributed by atoms with van der Waals surface area (Å²) in [5, 5.41) is 0. The van der Waals surface area contributed by atoms with Gasteiger partial charge in [0, 0.05) is 6.66 Å². The summed E-state index contributed by atoms with van der Waals surface area (Å²) in [4.78, 5) is 0. The van der Waals surface area contributed by atoms with Gasteiger partial charge in [-0.15, -0.1) is 0 Å². The summed E-state index contributed by atoms with van der Waals surface area (Å²) >= 11 is 0. The molecule has 0 saturated carbocycles. The minimum atomic E-state index is -1.18. The molecule has 2 aliphatic heterocycles. The van der Waals surface area contributed by atoms with Crippen molar-refractivity contribution in [2.45, 2.75) is 110 Å². The normalized spacial score (nSPS) is 26.5. The minimum absolute atomic E-state index is 0.134. The van der Waals surface area contributed by atoms with Crippen molar-refractivity contribution >= 4 is 17.0 Å². The van der Waals surface area contributed by atoms with E-state index in [-0.39, 0.29) is 5.41 Å². The van der Waals surface area contributed by atoms with Crippen LogP contribution in [0, 0.1) is 5.41 Å². The van der Waals surface area contributed by atoms with Crippen LogP contribution in [0.3, 0.4) is 0 Å². The third kappa shape index (κ3) is 13.2. The van der Waals surface area contributed by atoms with Crippen molar-refractivity contribution in [1.29, 1.82) is 0 Å². The molecule has 184 valence electrons. The highest BCUT2D eigenvalue weighted by atomic mass is 31.2. The monoisotopic (exact) mass is 478 g/mol. The zero-order valence-electron chi connectivity index (χ0n) is 20.3. The topological polar surface area (TPSA) is 46.2 Å². The molecule has 0 radical (unpaired) electrons. The molecule has 7 heteroatoms. The molecule has 0 atom stereocenters. The van der Waals surface area contributed by atoms with Gasteiger partial charge in [0.2, 0.25) is 0 Å². The van der Waals surface area contributed by atoms with Gasteiger partial charge in [-0.3, -0.25) is 0 Å². The van der Waals surface area contributed by atoms with E-state index >= 15 is 0 Å². The summed E-state index contributed by atoms with van der Waals surface area (Å²) in [7, 11) is -1.90. The summed E-state index contributed by atoms with van der Waals surface area (Å²) < 4.78 is 28.7. The van der Waals surface area contributed by atoms with Gasteiger partial charge in [-0.05, 0) is 6.42 Å². The van der Waals surface area contributed by atoms with Gasteiger partial charge >= 0.3 is 8.60 Å². The molecule has 0 aromatic rings. The molecule has 0 N–H and O–H groups in total. The molecule has 31 heavy (non-hydrogen) atoms. The molecule has 0 aromatic heterocycles. The predicted octanol–water partition coefficient (Wildman–Crippen LogP) is 8.51. The SMILES string of the molecule is CCCCCCCCCCCCCCCCCCOP1OCC2(COP(C)OC2)CO1. The van der Waals surface area contributed by atoms with E-state index in [1.807, 2.05) is 6.66 Å². The van der Waals surface area contributed by atoms with E-state index in [4.69, 9.17) is 22.6 Å². The van der Waals surface area contributed by atoms with E-state index in [0.29, 0.717) is 26.4 Å². The second-order valence-electron chi connectivity index (χ2n) is 9.39. The second-order valence-corrected chi connectivity index (χ2v) is 12.0. The molecule has 0 amide bonds. The van der Waals surface area contributed by atoms with Crippen LogP contribution in [0.5, 0.6) is 0 Å². The van der Waals surface area contributed by atoms with Gasteiger partial charge in [-0.25, -0.2) is 0 Å². The molecule has 1 spiro atoms. The van der Waals surface area contributed by atoms with Crippen LogP contribution in [0.25, 0.3) is 0 Å². The van der Waals surface area contributed by atoms with Crippen molar-refractivity contribution in [2.24, 2.45) is 5.41 Å². The Labute approximate surface area is 194 Å². The second kappa shape index (κ2) is 18.0. The van der Waals surface area contributed by atoms with E-state index in [0.717, 1.165) is 13.0 Å². The Bertz CT molecular complexity index is 409. The van der Waals surface area contributed by atoms with Crippen LogP contribution >= 0.6 is 17.0 Å². The summed E-state index contributed by atoms with van der Waals surface area (Å²) in [5.74, 6) is 0. The fraction of sp³-hybridized carbons (Fsp3) is 1.00. The summed E-state index contributed by atoms with van der Waals surface area (Å²) in [6, 6.07) is 0. The number of hydrogen-bond donors (Lipinski definition) is 0. The largest absolute Gasteiger partial charge is 0.333 e. The smallest absolute Gasteiger partial charge is 0.332 e. The van der Waals surface area contributed by atoms with Crippen molar-refractivity contribution in [1.82, 2.24) is 0 Å². The van der Waals surface area contributed by atoms with Crippen molar-refractivity contribution in [2.75, 3.05) is 39.7 Å². The average molecular weight is 479 g/mol. The highest BCUT2D eigenvalue weighted by molar-refractivity contribution is 7.46. The van der Waals surface area contributed by atoms with Crippen LogP contribution in [0.15, 0.2) is 0 Å². The van der Waals surface area contributed by atoms with Crippen molar-refractivity contribution in [3.8, 4) is 0 Å². The molecule has 0 bridgehead atoms. The standard InChI is InChI=1S/C24H48O5P2/c1-3-4-5-6-7-8-9-10-11-12-13-14-15-16-17-18-19-25-31-28-22-24(23-29-31)20-26-30(2)27-21-24/h3-23H2,1-2H3. The number of rotatable bonds is 18. The highest BCUT2D eigenvalue weighted by Crippen LogP contribution is 2.51. The Kier molecular flexibility index (Phi) is 16.2. The fourth-order valence-corrected chi connectivity index (χ4v) is 6.27.